The van der Waals surface area contributed by atoms with Gasteiger partial charge in [-0.25, -0.2) is 9.48 Å². The van der Waals surface area contributed by atoms with Gasteiger partial charge in [0.25, 0.3) is 0 Å². The van der Waals surface area contributed by atoms with Gasteiger partial charge in [-0.05, 0) is 54.1 Å². The third-order valence-corrected chi connectivity index (χ3v) is 6.16. The van der Waals surface area contributed by atoms with Crippen molar-refractivity contribution in [3.05, 3.63) is 89.6 Å². The minimum Gasteiger partial charge on any atom is -0.497 e. The third kappa shape index (κ3) is 4.52. The number of para-hydroxylation sites is 1. The number of amides is 1. The first kappa shape index (κ1) is 22.7. The van der Waals surface area contributed by atoms with Crippen LogP contribution in [0.15, 0.2) is 79.0 Å². The molecule has 1 aliphatic heterocycles. The molecule has 35 heavy (non-hydrogen) atoms. The Hall–Kier alpha value is -4.04. The lowest BCUT2D eigenvalue weighted by molar-refractivity contribution is 0.117. The normalized spacial score (nSPS) is 17.3. The second-order valence-electron chi connectivity index (χ2n) is 8.02. The number of nitrogens with zero attached hydrogens (tertiary/aromatic N) is 4. The molecule has 0 radical (unpaired) electrons. The summed E-state index contributed by atoms with van der Waals surface area (Å²) in [5, 5.41) is 9.18. The van der Waals surface area contributed by atoms with Crippen molar-refractivity contribution in [2.75, 3.05) is 19.1 Å². The number of anilines is 1. The van der Waals surface area contributed by atoms with Gasteiger partial charge < -0.3 is 14.2 Å². The molecule has 178 valence electrons. The number of hydrogen-bond acceptors (Lipinski definition) is 6. The summed E-state index contributed by atoms with van der Waals surface area (Å²) in [5.41, 5.74) is 3.05. The molecule has 2 heterocycles. The van der Waals surface area contributed by atoms with E-state index in [1.807, 2.05) is 54.7 Å². The maximum Gasteiger partial charge on any atom is 0.415 e. The lowest BCUT2D eigenvalue weighted by Gasteiger charge is -2.25. The molecule has 1 aromatic heterocycles. The van der Waals surface area contributed by atoms with Gasteiger partial charge in [0.05, 0.1) is 27.0 Å². The average molecular weight is 491 g/mol. The molecule has 0 bridgehead atoms. The van der Waals surface area contributed by atoms with Crippen LogP contribution in [0.5, 0.6) is 11.5 Å². The van der Waals surface area contributed by atoms with E-state index < -0.39 is 18.2 Å². The summed E-state index contributed by atoms with van der Waals surface area (Å²) in [6.07, 6.45) is 0.840. The molecular weight excluding hydrogens is 468 g/mol. The van der Waals surface area contributed by atoms with Crippen molar-refractivity contribution in [2.45, 2.75) is 18.7 Å². The molecule has 1 fully saturated rings. The number of benzene rings is 3. The predicted octanol–water partition coefficient (Wildman–Crippen LogP) is 5.38. The van der Waals surface area contributed by atoms with Crippen molar-refractivity contribution >= 4 is 23.4 Å². The van der Waals surface area contributed by atoms with E-state index in [1.165, 1.54) is 0 Å². The molecule has 1 amide bonds. The quantitative estimate of drug-likeness (QED) is 0.346. The van der Waals surface area contributed by atoms with Crippen LogP contribution in [-0.4, -0.2) is 41.4 Å². The van der Waals surface area contributed by atoms with Crippen LogP contribution in [-0.2, 0) is 11.3 Å². The fraction of sp³-hybridized carbons (Fsp3) is 0.192. The Morgan fingerprint density at radius 2 is 1.80 bits per heavy atom. The number of carbonyl (C=O) groups is 1. The van der Waals surface area contributed by atoms with Crippen LogP contribution >= 0.6 is 11.6 Å². The van der Waals surface area contributed by atoms with Crippen molar-refractivity contribution in [1.29, 1.82) is 0 Å². The van der Waals surface area contributed by atoms with Crippen LogP contribution in [0.4, 0.5) is 10.5 Å². The highest BCUT2D eigenvalue weighted by Gasteiger charge is 2.44. The van der Waals surface area contributed by atoms with Crippen LogP contribution in [0.1, 0.15) is 11.6 Å². The van der Waals surface area contributed by atoms with Gasteiger partial charge in [-0.1, -0.05) is 41.1 Å². The van der Waals surface area contributed by atoms with Crippen molar-refractivity contribution in [2.24, 2.45) is 0 Å². The maximum atomic E-state index is 13.1. The number of halogens is 1. The standard InChI is InChI=1S/C26H23ClN4O4/c1-33-20-7-5-6-17(14-20)25-24(35-26(32)31(25)19-12-10-18(27)11-13-19)16-30-15-22(28-29-30)21-8-3-4-9-23(21)34-2/h3-15,24-25H,16H2,1-2H3/t24-,25-/m0/s1. The zero-order valence-corrected chi connectivity index (χ0v) is 19.9. The van der Waals surface area contributed by atoms with Crippen molar-refractivity contribution in [3.8, 4) is 22.8 Å². The lowest BCUT2D eigenvalue weighted by atomic mass is 9.99. The maximum absolute atomic E-state index is 13.1. The zero-order chi connectivity index (χ0) is 24.4. The summed E-state index contributed by atoms with van der Waals surface area (Å²) >= 11 is 6.08. The highest BCUT2D eigenvalue weighted by Crippen LogP contribution is 2.39. The highest BCUT2D eigenvalue weighted by molar-refractivity contribution is 6.30. The summed E-state index contributed by atoms with van der Waals surface area (Å²) in [5.74, 6) is 1.39. The van der Waals surface area contributed by atoms with Crippen LogP contribution in [0.2, 0.25) is 5.02 Å². The molecule has 1 saturated heterocycles. The number of ether oxygens (including phenoxy) is 3. The molecule has 0 spiro atoms. The smallest absolute Gasteiger partial charge is 0.415 e. The van der Waals surface area contributed by atoms with Crippen molar-refractivity contribution in [3.63, 3.8) is 0 Å². The number of cyclic esters (lactones) is 1. The fourth-order valence-corrected chi connectivity index (χ4v) is 4.40. The summed E-state index contributed by atoms with van der Waals surface area (Å²) in [6.45, 7) is 0.305. The summed E-state index contributed by atoms with van der Waals surface area (Å²) < 4.78 is 18.4. The van der Waals surface area contributed by atoms with Gasteiger partial charge in [0.15, 0.2) is 0 Å². The Kier molecular flexibility index (Phi) is 6.29. The lowest BCUT2D eigenvalue weighted by Crippen LogP contribution is -2.31. The highest BCUT2D eigenvalue weighted by atomic mass is 35.5. The number of aromatic nitrogens is 3. The Balaban J connectivity index is 1.49. The minimum atomic E-state index is -0.530. The van der Waals surface area contributed by atoms with E-state index in [-0.39, 0.29) is 0 Å². The summed E-state index contributed by atoms with van der Waals surface area (Å²) in [6, 6.07) is 21.9. The Bertz CT molecular complexity index is 1340. The van der Waals surface area contributed by atoms with Crippen LogP contribution in [0.25, 0.3) is 11.3 Å². The first-order chi connectivity index (χ1) is 17.1. The van der Waals surface area contributed by atoms with E-state index in [0.29, 0.717) is 34.4 Å². The fourth-order valence-electron chi connectivity index (χ4n) is 4.28. The van der Waals surface area contributed by atoms with Gasteiger partial charge in [-0.2, -0.15) is 0 Å². The van der Waals surface area contributed by atoms with Crippen molar-refractivity contribution < 1.29 is 19.0 Å². The largest absolute Gasteiger partial charge is 0.497 e. The van der Waals surface area contributed by atoms with E-state index in [4.69, 9.17) is 25.8 Å². The Morgan fingerprint density at radius 3 is 2.57 bits per heavy atom. The number of rotatable bonds is 7. The Labute approximate surface area is 207 Å². The zero-order valence-electron chi connectivity index (χ0n) is 19.2. The molecule has 9 heteroatoms. The van der Waals surface area contributed by atoms with Gasteiger partial charge in [0.1, 0.15) is 29.3 Å². The molecule has 0 aliphatic carbocycles. The molecular formula is C26H23ClN4O4. The van der Waals surface area contributed by atoms with Crippen LogP contribution in [0.3, 0.4) is 0 Å². The third-order valence-electron chi connectivity index (χ3n) is 5.91. The molecule has 8 nitrogen and oxygen atoms in total. The van der Waals surface area contributed by atoms with E-state index in [1.54, 1.807) is 48.1 Å². The van der Waals surface area contributed by atoms with Crippen LogP contribution in [0, 0.1) is 0 Å². The molecule has 1 aliphatic rings. The average Bonchev–Trinajstić information content (AvgIpc) is 3.48. The molecule has 5 rings (SSSR count). The van der Waals surface area contributed by atoms with Gasteiger partial charge in [-0.15, -0.1) is 5.10 Å². The monoisotopic (exact) mass is 490 g/mol. The SMILES string of the molecule is COc1cccc([C@H]2[C@H](Cn3cc(-c4ccccc4OC)nn3)OC(=O)N2c2ccc(Cl)cc2)c1. The Morgan fingerprint density at radius 1 is 1.00 bits per heavy atom. The first-order valence-corrected chi connectivity index (χ1v) is 11.4. The number of hydrogen-bond donors (Lipinski definition) is 0. The van der Waals surface area contributed by atoms with Gasteiger partial charge >= 0.3 is 6.09 Å². The topological polar surface area (TPSA) is 78.7 Å². The van der Waals surface area contributed by atoms with Crippen molar-refractivity contribution in [1.82, 2.24) is 15.0 Å². The minimum absolute atomic E-state index is 0.305. The second kappa shape index (κ2) is 9.68. The number of methoxy groups -OCH3 is 2. The molecule has 3 aromatic carbocycles. The first-order valence-electron chi connectivity index (χ1n) is 11.0. The number of carbonyl (C=O) groups excluding carboxylic acids is 1. The van der Waals surface area contributed by atoms with Gasteiger partial charge in [0, 0.05) is 16.3 Å². The molecule has 0 saturated carbocycles. The van der Waals surface area contributed by atoms with E-state index in [9.17, 15) is 4.79 Å². The van der Waals surface area contributed by atoms with E-state index in [0.717, 1.165) is 11.1 Å². The van der Waals surface area contributed by atoms with Gasteiger partial charge in [-0.3, -0.25) is 4.90 Å². The molecule has 2 atom stereocenters. The summed E-state index contributed by atoms with van der Waals surface area (Å²) in [7, 11) is 3.23. The second-order valence-corrected chi connectivity index (χ2v) is 8.45. The van der Waals surface area contributed by atoms with E-state index >= 15 is 0 Å². The predicted molar refractivity (Wildman–Crippen MR) is 132 cm³/mol. The van der Waals surface area contributed by atoms with Gasteiger partial charge in [0.2, 0.25) is 0 Å². The van der Waals surface area contributed by atoms with E-state index in [2.05, 4.69) is 10.3 Å². The van der Waals surface area contributed by atoms with Crippen LogP contribution < -0.4 is 14.4 Å². The molecule has 0 N–H and O–H groups in total. The summed E-state index contributed by atoms with van der Waals surface area (Å²) in [4.78, 5) is 14.7. The molecule has 0 unspecified atom stereocenters. The molecule has 4 aromatic rings.